The van der Waals surface area contributed by atoms with Crippen molar-refractivity contribution in [2.45, 2.75) is 19.0 Å². The first-order valence-electron chi connectivity index (χ1n) is 6.55. The average Bonchev–Trinajstić information content (AvgIpc) is 2.46. The molecule has 0 aliphatic carbocycles. The molecule has 0 saturated heterocycles. The quantitative estimate of drug-likeness (QED) is 0.749. The van der Waals surface area contributed by atoms with E-state index in [-0.39, 0.29) is 5.02 Å². The monoisotopic (exact) mass is 312 g/mol. The molecule has 1 aliphatic rings. The Morgan fingerprint density at radius 1 is 1.19 bits per heavy atom. The van der Waals surface area contributed by atoms with Crippen molar-refractivity contribution in [3.63, 3.8) is 0 Å². The third-order valence-corrected chi connectivity index (χ3v) is 3.79. The normalized spacial score (nSPS) is 15.0. The third-order valence-electron chi connectivity index (χ3n) is 3.52. The molecule has 1 aliphatic heterocycles. The number of fused-ring (bicyclic) bond motifs is 1. The van der Waals surface area contributed by atoms with E-state index in [0.29, 0.717) is 12.4 Å². The van der Waals surface area contributed by atoms with Crippen molar-refractivity contribution in [3.05, 3.63) is 52.7 Å². The molecule has 0 N–H and O–H groups in total. The highest BCUT2D eigenvalue weighted by Crippen LogP contribution is 2.38. The van der Waals surface area contributed by atoms with Crippen molar-refractivity contribution in [1.29, 1.82) is 0 Å². The minimum atomic E-state index is -4.44. The number of nitrogens with zero attached hydrogens (tertiary/aromatic N) is 2. The first-order chi connectivity index (χ1) is 9.97. The number of anilines is 2. The lowest BCUT2D eigenvalue weighted by Gasteiger charge is -2.31. The minimum absolute atomic E-state index is 0.0153. The maximum Gasteiger partial charge on any atom is 0.417 e. The molecule has 3 rings (SSSR count). The van der Waals surface area contributed by atoms with Crippen molar-refractivity contribution in [2.24, 2.45) is 0 Å². The van der Waals surface area contributed by atoms with E-state index < -0.39 is 11.7 Å². The van der Waals surface area contributed by atoms with Crippen molar-refractivity contribution in [3.8, 4) is 0 Å². The van der Waals surface area contributed by atoms with E-state index in [9.17, 15) is 13.2 Å². The summed E-state index contributed by atoms with van der Waals surface area (Å²) in [4.78, 5) is 5.82. The van der Waals surface area contributed by atoms with E-state index in [2.05, 4.69) is 4.98 Å². The van der Waals surface area contributed by atoms with E-state index in [0.717, 1.165) is 36.4 Å². The lowest BCUT2D eigenvalue weighted by atomic mass is 10.0. The highest BCUT2D eigenvalue weighted by atomic mass is 35.5. The summed E-state index contributed by atoms with van der Waals surface area (Å²) in [5.74, 6) is 0.372. The van der Waals surface area contributed by atoms with E-state index in [4.69, 9.17) is 11.6 Å². The summed E-state index contributed by atoms with van der Waals surface area (Å²) in [6.07, 6.45) is -1.74. The van der Waals surface area contributed by atoms with Crippen LogP contribution in [0, 0.1) is 0 Å². The second kappa shape index (κ2) is 5.22. The van der Waals surface area contributed by atoms with Gasteiger partial charge in [0.05, 0.1) is 10.6 Å². The van der Waals surface area contributed by atoms with Crippen LogP contribution in [-0.4, -0.2) is 11.5 Å². The van der Waals surface area contributed by atoms with Crippen LogP contribution < -0.4 is 4.90 Å². The van der Waals surface area contributed by atoms with Crippen molar-refractivity contribution in [2.75, 3.05) is 11.4 Å². The van der Waals surface area contributed by atoms with Gasteiger partial charge in [-0.2, -0.15) is 13.2 Å². The molecule has 1 aromatic heterocycles. The van der Waals surface area contributed by atoms with Gasteiger partial charge in [0, 0.05) is 18.4 Å². The van der Waals surface area contributed by atoms with E-state index in [1.165, 1.54) is 0 Å². The molecule has 0 spiro atoms. The molecular formula is C15H12ClF3N2. The molecule has 0 bridgehead atoms. The van der Waals surface area contributed by atoms with Gasteiger partial charge in [-0.1, -0.05) is 29.8 Å². The summed E-state index contributed by atoms with van der Waals surface area (Å²) >= 11 is 6.03. The van der Waals surface area contributed by atoms with E-state index in [1.54, 1.807) is 0 Å². The number of para-hydroxylation sites is 1. The van der Waals surface area contributed by atoms with Crippen molar-refractivity contribution >= 4 is 23.1 Å². The molecule has 0 fully saturated rings. The number of hydrogen-bond donors (Lipinski definition) is 0. The number of pyridine rings is 1. The van der Waals surface area contributed by atoms with Crippen LogP contribution in [0.4, 0.5) is 24.7 Å². The fourth-order valence-electron chi connectivity index (χ4n) is 2.54. The predicted octanol–water partition coefficient (Wildman–Crippen LogP) is 4.84. The largest absolute Gasteiger partial charge is 0.417 e. The fraction of sp³-hybridized carbons (Fsp3) is 0.267. The van der Waals surface area contributed by atoms with Crippen LogP contribution in [0.5, 0.6) is 0 Å². The minimum Gasteiger partial charge on any atom is -0.325 e. The van der Waals surface area contributed by atoms with Crippen LogP contribution in [-0.2, 0) is 12.6 Å². The molecule has 0 radical (unpaired) electrons. The molecule has 2 nitrogen and oxygen atoms in total. The summed E-state index contributed by atoms with van der Waals surface area (Å²) in [6.45, 7) is 0.690. The van der Waals surface area contributed by atoms with Gasteiger partial charge in [-0.25, -0.2) is 4.98 Å². The molecule has 110 valence electrons. The number of rotatable bonds is 1. The van der Waals surface area contributed by atoms with Gasteiger partial charge in [-0.15, -0.1) is 0 Å². The van der Waals surface area contributed by atoms with Crippen LogP contribution in [0.15, 0.2) is 36.5 Å². The number of alkyl halides is 3. The number of benzene rings is 1. The average molecular weight is 313 g/mol. The zero-order valence-electron chi connectivity index (χ0n) is 11.0. The smallest absolute Gasteiger partial charge is 0.325 e. The lowest BCUT2D eigenvalue weighted by Crippen LogP contribution is -2.25. The van der Waals surface area contributed by atoms with Gasteiger partial charge in [0.1, 0.15) is 0 Å². The van der Waals surface area contributed by atoms with Crippen LogP contribution in [0.2, 0.25) is 5.02 Å². The van der Waals surface area contributed by atoms with Gasteiger partial charge in [0.2, 0.25) is 0 Å². The topological polar surface area (TPSA) is 16.1 Å². The van der Waals surface area contributed by atoms with Gasteiger partial charge >= 0.3 is 6.18 Å². The Kier molecular flexibility index (Phi) is 3.53. The molecule has 2 heterocycles. The summed E-state index contributed by atoms with van der Waals surface area (Å²) in [7, 11) is 0. The van der Waals surface area contributed by atoms with Gasteiger partial charge in [-0.3, -0.25) is 0 Å². The first-order valence-corrected chi connectivity index (χ1v) is 6.93. The Morgan fingerprint density at radius 2 is 1.95 bits per heavy atom. The van der Waals surface area contributed by atoms with Crippen LogP contribution in [0.1, 0.15) is 17.5 Å². The first kappa shape index (κ1) is 14.2. The highest BCUT2D eigenvalue weighted by Gasteiger charge is 2.32. The molecule has 0 unspecified atom stereocenters. The fourth-order valence-corrected chi connectivity index (χ4v) is 2.81. The maximum atomic E-state index is 12.7. The van der Waals surface area contributed by atoms with Crippen LogP contribution in [0.25, 0.3) is 0 Å². The Hall–Kier alpha value is -1.75. The summed E-state index contributed by atoms with van der Waals surface area (Å²) in [5, 5.41) is 0.0153. The summed E-state index contributed by atoms with van der Waals surface area (Å²) in [6, 6.07) is 8.73. The SMILES string of the molecule is FC(F)(F)c1cnc(N2CCCc3ccccc32)c(Cl)c1. The third kappa shape index (κ3) is 2.70. The Balaban J connectivity index is 2.03. The number of aryl methyl sites for hydroxylation is 1. The number of halogens is 4. The summed E-state index contributed by atoms with van der Waals surface area (Å²) in [5.41, 5.74) is 1.28. The number of hydrogen-bond acceptors (Lipinski definition) is 2. The molecular weight excluding hydrogens is 301 g/mol. The Labute approximate surface area is 125 Å². The molecule has 21 heavy (non-hydrogen) atoms. The Bertz CT molecular complexity index is 670. The molecule has 0 atom stereocenters. The molecule has 2 aromatic rings. The standard InChI is InChI=1S/C15H12ClF3N2/c16-12-8-11(15(17,18)19)9-20-14(12)21-7-3-5-10-4-1-2-6-13(10)21/h1-2,4,6,8-9H,3,5,7H2. The highest BCUT2D eigenvalue weighted by molar-refractivity contribution is 6.33. The van der Waals surface area contributed by atoms with Crippen LogP contribution in [0.3, 0.4) is 0 Å². The van der Waals surface area contributed by atoms with Crippen molar-refractivity contribution < 1.29 is 13.2 Å². The summed E-state index contributed by atoms with van der Waals surface area (Å²) < 4.78 is 38.0. The Morgan fingerprint density at radius 3 is 2.67 bits per heavy atom. The van der Waals surface area contributed by atoms with E-state index >= 15 is 0 Å². The maximum absolute atomic E-state index is 12.7. The van der Waals surface area contributed by atoms with Gasteiger partial charge < -0.3 is 4.90 Å². The second-order valence-electron chi connectivity index (χ2n) is 4.91. The molecule has 1 aromatic carbocycles. The lowest BCUT2D eigenvalue weighted by molar-refractivity contribution is -0.137. The zero-order valence-corrected chi connectivity index (χ0v) is 11.7. The second-order valence-corrected chi connectivity index (χ2v) is 5.32. The molecule has 0 saturated carbocycles. The zero-order chi connectivity index (χ0) is 15.0. The number of aromatic nitrogens is 1. The predicted molar refractivity (Wildman–Crippen MR) is 76.0 cm³/mol. The molecule has 0 amide bonds. The van der Waals surface area contributed by atoms with Crippen molar-refractivity contribution in [1.82, 2.24) is 4.98 Å². The van der Waals surface area contributed by atoms with Gasteiger partial charge in [0.25, 0.3) is 0 Å². The van der Waals surface area contributed by atoms with Gasteiger partial charge in [-0.05, 0) is 30.5 Å². The van der Waals surface area contributed by atoms with Gasteiger partial charge in [0.15, 0.2) is 5.82 Å². The molecule has 6 heteroatoms. The van der Waals surface area contributed by atoms with Crippen LogP contribution >= 0.6 is 11.6 Å². The van der Waals surface area contributed by atoms with E-state index in [1.807, 2.05) is 29.2 Å².